The summed E-state index contributed by atoms with van der Waals surface area (Å²) in [5.41, 5.74) is 1.56. The lowest BCUT2D eigenvalue weighted by atomic mass is 10.1. The Balaban J connectivity index is 2.37. The summed E-state index contributed by atoms with van der Waals surface area (Å²) >= 11 is 6.07. The van der Waals surface area contributed by atoms with E-state index < -0.39 is 12.0 Å². The van der Waals surface area contributed by atoms with Gasteiger partial charge in [-0.05, 0) is 12.0 Å². The molecule has 2 rings (SSSR count). The molecule has 1 unspecified atom stereocenters. The Labute approximate surface area is 128 Å². The van der Waals surface area contributed by atoms with Crippen LogP contribution in [0.15, 0.2) is 36.7 Å². The molecule has 0 spiro atoms. The van der Waals surface area contributed by atoms with Crippen LogP contribution in [0.5, 0.6) is 0 Å². The highest BCUT2D eigenvalue weighted by molar-refractivity contribution is 6.30. The predicted octanol–water partition coefficient (Wildman–Crippen LogP) is 3.02. The van der Waals surface area contributed by atoms with Crippen molar-refractivity contribution in [1.29, 1.82) is 0 Å². The molecule has 0 fully saturated rings. The fourth-order valence-corrected chi connectivity index (χ4v) is 2.27. The topological polar surface area (TPSA) is 64.1 Å². The van der Waals surface area contributed by atoms with E-state index in [4.69, 9.17) is 16.3 Å². The fraction of sp³-hybridized carbons (Fsp3) is 0.267. The number of methoxy groups -OCH3 is 1. The lowest BCUT2D eigenvalue weighted by Crippen LogP contribution is -2.23. The van der Waals surface area contributed by atoms with Gasteiger partial charge in [0.25, 0.3) is 0 Å². The van der Waals surface area contributed by atoms with E-state index in [1.807, 2.05) is 37.3 Å². The van der Waals surface area contributed by atoms with Crippen LogP contribution >= 0.6 is 11.6 Å². The average molecular weight is 306 g/mol. The molecule has 0 saturated heterocycles. The summed E-state index contributed by atoms with van der Waals surface area (Å²) in [7, 11) is 1.35. The highest BCUT2D eigenvalue weighted by atomic mass is 35.5. The zero-order valence-electron chi connectivity index (χ0n) is 11.8. The average Bonchev–Trinajstić information content (AvgIpc) is 2.53. The van der Waals surface area contributed by atoms with Crippen molar-refractivity contribution in [2.75, 3.05) is 12.4 Å². The van der Waals surface area contributed by atoms with Crippen LogP contribution in [0.4, 0.5) is 5.82 Å². The van der Waals surface area contributed by atoms with Gasteiger partial charge < -0.3 is 10.1 Å². The standard InChI is InChI=1S/C15H16ClN3O2/c1-3-11-13(16)17-9-18-14(11)19-12(15(20)21-2)10-7-5-4-6-8-10/h4-9,12H,3H2,1-2H3,(H,17,18,19). The number of nitrogens with zero attached hydrogens (tertiary/aromatic N) is 2. The third-order valence-corrected chi connectivity index (χ3v) is 3.42. The van der Waals surface area contributed by atoms with Gasteiger partial charge in [-0.15, -0.1) is 0 Å². The quantitative estimate of drug-likeness (QED) is 0.679. The van der Waals surface area contributed by atoms with Crippen LogP contribution in [-0.4, -0.2) is 23.0 Å². The van der Waals surface area contributed by atoms with Crippen LogP contribution in [0.3, 0.4) is 0 Å². The molecule has 6 heteroatoms. The van der Waals surface area contributed by atoms with Gasteiger partial charge >= 0.3 is 5.97 Å². The molecule has 21 heavy (non-hydrogen) atoms. The minimum Gasteiger partial charge on any atom is -0.467 e. The van der Waals surface area contributed by atoms with E-state index in [9.17, 15) is 4.79 Å². The SMILES string of the molecule is CCc1c(Cl)ncnc1NC(C(=O)OC)c1ccccc1. The summed E-state index contributed by atoms with van der Waals surface area (Å²) in [5, 5.41) is 3.48. The molecule has 0 aliphatic carbocycles. The number of halogens is 1. The van der Waals surface area contributed by atoms with E-state index in [-0.39, 0.29) is 0 Å². The van der Waals surface area contributed by atoms with Crippen molar-refractivity contribution in [3.8, 4) is 0 Å². The van der Waals surface area contributed by atoms with Gasteiger partial charge in [0, 0.05) is 5.56 Å². The molecule has 1 heterocycles. The Bertz CT molecular complexity index is 620. The number of rotatable bonds is 5. The van der Waals surface area contributed by atoms with Crippen LogP contribution in [0, 0.1) is 0 Å². The number of ether oxygens (including phenoxy) is 1. The van der Waals surface area contributed by atoms with E-state index in [1.165, 1.54) is 13.4 Å². The number of carbonyl (C=O) groups excluding carboxylic acids is 1. The van der Waals surface area contributed by atoms with E-state index in [0.717, 1.165) is 11.1 Å². The van der Waals surface area contributed by atoms with E-state index >= 15 is 0 Å². The number of carbonyl (C=O) groups is 1. The molecular weight excluding hydrogens is 290 g/mol. The molecule has 1 aromatic carbocycles. The third-order valence-electron chi connectivity index (χ3n) is 3.10. The summed E-state index contributed by atoms with van der Waals surface area (Å²) in [5.74, 6) is 0.148. The number of aromatic nitrogens is 2. The molecule has 2 aromatic rings. The number of benzene rings is 1. The van der Waals surface area contributed by atoms with Gasteiger partial charge in [-0.2, -0.15) is 0 Å². The molecular formula is C15H16ClN3O2. The molecule has 1 atom stereocenters. The lowest BCUT2D eigenvalue weighted by molar-refractivity contribution is -0.141. The Kier molecular flexibility index (Phi) is 5.11. The summed E-state index contributed by atoms with van der Waals surface area (Å²) in [6.45, 7) is 1.95. The van der Waals surface area contributed by atoms with E-state index in [2.05, 4.69) is 15.3 Å². The largest absolute Gasteiger partial charge is 0.467 e. The maximum atomic E-state index is 12.0. The highest BCUT2D eigenvalue weighted by Crippen LogP contribution is 2.25. The number of hydrogen-bond acceptors (Lipinski definition) is 5. The number of nitrogens with one attached hydrogen (secondary N) is 1. The van der Waals surface area contributed by atoms with Crippen molar-refractivity contribution in [1.82, 2.24) is 9.97 Å². The molecule has 0 radical (unpaired) electrons. The fourth-order valence-electron chi connectivity index (χ4n) is 2.01. The molecule has 1 aromatic heterocycles. The first-order valence-corrected chi connectivity index (χ1v) is 6.93. The van der Waals surface area contributed by atoms with Gasteiger partial charge in [0.1, 0.15) is 17.3 Å². The van der Waals surface area contributed by atoms with Gasteiger partial charge in [-0.25, -0.2) is 14.8 Å². The number of hydrogen-bond donors (Lipinski definition) is 1. The lowest BCUT2D eigenvalue weighted by Gasteiger charge is -2.19. The van der Waals surface area contributed by atoms with E-state index in [1.54, 1.807) is 0 Å². The normalized spacial score (nSPS) is 11.8. The summed E-state index contributed by atoms with van der Waals surface area (Å²) < 4.78 is 4.86. The first-order chi connectivity index (χ1) is 10.2. The highest BCUT2D eigenvalue weighted by Gasteiger charge is 2.23. The van der Waals surface area contributed by atoms with Gasteiger partial charge in [-0.1, -0.05) is 48.9 Å². The Hall–Kier alpha value is -2.14. The van der Waals surface area contributed by atoms with E-state index in [0.29, 0.717) is 17.4 Å². The molecule has 0 aliphatic rings. The van der Waals surface area contributed by atoms with Gasteiger partial charge in [-0.3, -0.25) is 0 Å². The first kappa shape index (κ1) is 15.3. The van der Waals surface area contributed by atoms with Crippen molar-refractivity contribution in [3.05, 3.63) is 52.9 Å². The summed E-state index contributed by atoms with van der Waals surface area (Å²) in [6, 6.07) is 8.66. The second-order valence-corrected chi connectivity index (χ2v) is 4.71. The Morgan fingerprint density at radius 2 is 2.05 bits per heavy atom. The van der Waals surface area contributed by atoms with Gasteiger partial charge in [0.05, 0.1) is 7.11 Å². The third kappa shape index (κ3) is 3.49. The maximum absolute atomic E-state index is 12.0. The minimum atomic E-state index is -0.646. The second-order valence-electron chi connectivity index (χ2n) is 4.36. The molecule has 1 N–H and O–H groups in total. The van der Waals surface area contributed by atoms with Crippen LogP contribution in [0.2, 0.25) is 5.15 Å². The molecule has 0 aliphatic heterocycles. The van der Waals surface area contributed by atoms with Gasteiger partial charge in [0.15, 0.2) is 6.04 Å². The predicted molar refractivity (Wildman–Crippen MR) is 81.2 cm³/mol. The second kappa shape index (κ2) is 7.04. The smallest absolute Gasteiger partial charge is 0.333 e. The molecule has 5 nitrogen and oxygen atoms in total. The monoisotopic (exact) mass is 305 g/mol. The Morgan fingerprint density at radius 1 is 1.33 bits per heavy atom. The van der Waals surface area contributed by atoms with Crippen molar-refractivity contribution >= 4 is 23.4 Å². The zero-order valence-corrected chi connectivity index (χ0v) is 12.6. The van der Waals surface area contributed by atoms with Crippen molar-refractivity contribution in [2.24, 2.45) is 0 Å². The van der Waals surface area contributed by atoms with Crippen molar-refractivity contribution < 1.29 is 9.53 Å². The summed E-state index contributed by atoms with van der Waals surface area (Å²) in [6.07, 6.45) is 2.02. The van der Waals surface area contributed by atoms with Crippen LogP contribution in [-0.2, 0) is 16.0 Å². The van der Waals surface area contributed by atoms with Crippen molar-refractivity contribution in [2.45, 2.75) is 19.4 Å². The van der Waals surface area contributed by atoms with Crippen molar-refractivity contribution in [3.63, 3.8) is 0 Å². The molecule has 110 valence electrons. The molecule has 0 bridgehead atoms. The zero-order chi connectivity index (χ0) is 15.2. The number of anilines is 1. The molecule has 0 saturated carbocycles. The number of esters is 1. The maximum Gasteiger partial charge on any atom is 0.333 e. The first-order valence-electron chi connectivity index (χ1n) is 6.56. The van der Waals surface area contributed by atoms with Crippen LogP contribution in [0.25, 0.3) is 0 Å². The molecule has 0 amide bonds. The summed E-state index contributed by atoms with van der Waals surface area (Å²) in [4.78, 5) is 20.2. The minimum absolute atomic E-state index is 0.381. The van der Waals surface area contributed by atoms with Crippen LogP contribution in [0.1, 0.15) is 24.1 Å². The van der Waals surface area contributed by atoms with Gasteiger partial charge in [0.2, 0.25) is 0 Å². The van der Waals surface area contributed by atoms with Crippen LogP contribution < -0.4 is 5.32 Å². The Morgan fingerprint density at radius 3 is 2.67 bits per heavy atom.